The van der Waals surface area contributed by atoms with E-state index >= 15 is 0 Å². The number of methoxy groups -OCH3 is 1. The van der Waals surface area contributed by atoms with Crippen LogP contribution < -0.4 is 14.8 Å². The second-order valence-electron chi connectivity index (χ2n) is 3.41. The molecule has 0 bridgehead atoms. The molecule has 0 spiro atoms. The monoisotopic (exact) mass is 212 g/mol. The van der Waals surface area contributed by atoms with Gasteiger partial charge in [-0.25, -0.2) is 4.98 Å². The summed E-state index contributed by atoms with van der Waals surface area (Å²) in [5, 5.41) is 3.20. The average molecular weight is 212 g/mol. The molecule has 4 nitrogen and oxygen atoms in total. The summed E-state index contributed by atoms with van der Waals surface area (Å²) in [5.74, 6) is 0.0163. The highest BCUT2D eigenvalue weighted by Gasteiger charge is 2.17. The summed E-state index contributed by atoms with van der Waals surface area (Å²) in [6, 6.07) is 1.90. The van der Waals surface area contributed by atoms with Crippen molar-refractivity contribution in [3.05, 3.63) is 18.2 Å². The standard InChI is InChI=1S/C10H13FN2O2/c1-14-9-4-8(5-13-10(9)11)15-6-7-2-3-12-7/h4-5,7,12H,2-3,6H2,1H3. The molecule has 1 aromatic rings. The molecule has 1 aromatic heterocycles. The highest BCUT2D eigenvalue weighted by atomic mass is 19.1. The fraction of sp³-hybridized carbons (Fsp3) is 0.500. The van der Waals surface area contributed by atoms with Crippen molar-refractivity contribution < 1.29 is 13.9 Å². The lowest BCUT2D eigenvalue weighted by molar-refractivity contribution is 0.215. The van der Waals surface area contributed by atoms with Crippen molar-refractivity contribution in [2.75, 3.05) is 20.3 Å². The fourth-order valence-electron chi connectivity index (χ4n) is 1.32. The number of halogens is 1. The Morgan fingerprint density at radius 1 is 1.67 bits per heavy atom. The lowest BCUT2D eigenvalue weighted by atomic mass is 10.1. The van der Waals surface area contributed by atoms with Crippen molar-refractivity contribution >= 4 is 0 Å². The van der Waals surface area contributed by atoms with Gasteiger partial charge < -0.3 is 14.8 Å². The van der Waals surface area contributed by atoms with Crippen LogP contribution in [0.25, 0.3) is 0 Å². The van der Waals surface area contributed by atoms with E-state index in [1.165, 1.54) is 19.4 Å². The molecule has 1 aliphatic rings. The number of nitrogens with zero attached hydrogens (tertiary/aromatic N) is 1. The SMILES string of the molecule is COc1cc(OCC2CCN2)cnc1F. The van der Waals surface area contributed by atoms with Gasteiger partial charge in [0, 0.05) is 12.1 Å². The van der Waals surface area contributed by atoms with E-state index in [1.54, 1.807) is 0 Å². The third-order valence-corrected chi connectivity index (χ3v) is 2.38. The summed E-state index contributed by atoms with van der Waals surface area (Å²) in [6.45, 7) is 1.62. The van der Waals surface area contributed by atoms with Crippen LogP contribution in [0.4, 0.5) is 4.39 Å². The van der Waals surface area contributed by atoms with Gasteiger partial charge in [0.1, 0.15) is 12.4 Å². The number of pyridine rings is 1. The molecule has 1 N–H and O–H groups in total. The molecule has 2 heterocycles. The molecule has 1 saturated heterocycles. The van der Waals surface area contributed by atoms with E-state index < -0.39 is 5.95 Å². The number of ether oxygens (including phenoxy) is 2. The summed E-state index contributed by atoms with van der Waals surface area (Å²) in [4.78, 5) is 3.53. The molecule has 1 atom stereocenters. The largest absolute Gasteiger partial charge is 0.492 e. The fourth-order valence-corrected chi connectivity index (χ4v) is 1.32. The summed E-state index contributed by atoms with van der Waals surface area (Å²) in [7, 11) is 1.40. The Kier molecular flexibility index (Phi) is 3.01. The van der Waals surface area contributed by atoms with Gasteiger partial charge in [0.15, 0.2) is 5.75 Å². The van der Waals surface area contributed by atoms with Crippen LogP contribution in [0.2, 0.25) is 0 Å². The minimum Gasteiger partial charge on any atom is -0.492 e. The maximum Gasteiger partial charge on any atom is 0.255 e. The van der Waals surface area contributed by atoms with E-state index in [0.29, 0.717) is 18.4 Å². The van der Waals surface area contributed by atoms with Gasteiger partial charge in [-0.15, -0.1) is 0 Å². The van der Waals surface area contributed by atoms with Crippen LogP contribution in [0.3, 0.4) is 0 Å². The topological polar surface area (TPSA) is 43.4 Å². The third-order valence-electron chi connectivity index (χ3n) is 2.38. The summed E-state index contributed by atoms with van der Waals surface area (Å²) in [5.41, 5.74) is 0. The predicted molar refractivity (Wildman–Crippen MR) is 52.6 cm³/mol. The summed E-state index contributed by atoms with van der Waals surface area (Å²) >= 11 is 0. The molecule has 0 aliphatic carbocycles. The van der Waals surface area contributed by atoms with E-state index in [9.17, 15) is 4.39 Å². The van der Waals surface area contributed by atoms with Gasteiger partial charge in [-0.3, -0.25) is 0 Å². The predicted octanol–water partition coefficient (Wildman–Crippen LogP) is 0.970. The molecular weight excluding hydrogens is 199 g/mol. The molecule has 82 valence electrons. The van der Waals surface area contributed by atoms with E-state index in [2.05, 4.69) is 10.3 Å². The molecule has 5 heteroatoms. The molecule has 15 heavy (non-hydrogen) atoms. The normalized spacial score (nSPS) is 19.5. The molecule has 1 aliphatic heterocycles. The quantitative estimate of drug-likeness (QED) is 0.755. The van der Waals surface area contributed by atoms with Gasteiger partial charge in [0.2, 0.25) is 0 Å². The Hall–Kier alpha value is -1.36. The maximum absolute atomic E-state index is 12.9. The van der Waals surface area contributed by atoms with Crippen molar-refractivity contribution in [3.63, 3.8) is 0 Å². The van der Waals surface area contributed by atoms with Gasteiger partial charge in [-0.1, -0.05) is 0 Å². The van der Waals surface area contributed by atoms with Crippen LogP contribution in [0.1, 0.15) is 6.42 Å². The first-order chi connectivity index (χ1) is 7.29. The minimum absolute atomic E-state index is 0.106. The zero-order valence-electron chi connectivity index (χ0n) is 8.50. The van der Waals surface area contributed by atoms with E-state index in [0.717, 1.165) is 13.0 Å². The molecule has 0 amide bonds. The molecular formula is C10H13FN2O2. The smallest absolute Gasteiger partial charge is 0.255 e. The molecule has 0 saturated carbocycles. The van der Waals surface area contributed by atoms with E-state index in [4.69, 9.17) is 9.47 Å². The van der Waals surface area contributed by atoms with Crippen LogP contribution in [0.15, 0.2) is 12.3 Å². The highest BCUT2D eigenvalue weighted by Crippen LogP contribution is 2.21. The number of nitrogens with one attached hydrogen (secondary N) is 1. The summed E-state index contributed by atoms with van der Waals surface area (Å²) in [6.07, 6.45) is 2.47. The van der Waals surface area contributed by atoms with Crippen LogP contribution in [-0.4, -0.2) is 31.3 Å². The third kappa shape index (κ3) is 2.36. The second-order valence-corrected chi connectivity index (χ2v) is 3.41. The molecule has 1 fully saturated rings. The molecule has 2 rings (SSSR count). The maximum atomic E-state index is 12.9. The average Bonchev–Trinajstić information content (AvgIpc) is 2.18. The van der Waals surface area contributed by atoms with Crippen molar-refractivity contribution in [2.24, 2.45) is 0 Å². The number of aromatic nitrogens is 1. The van der Waals surface area contributed by atoms with Gasteiger partial charge in [-0.2, -0.15) is 4.39 Å². The molecule has 0 aromatic carbocycles. The summed E-state index contributed by atoms with van der Waals surface area (Å²) < 4.78 is 23.2. The Labute approximate surface area is 87.4 Å². The Morgan fingerprint density at radius 3 is 3.07 bits per heavy atom. The molecule has 0 radical (unpaired) electrons. The van der Waals surface area contributed by atoms with Crippen LogP contribution >= 0.6 is 0 Å². The number of rotatable bonds is 4. The first kappa shape index (κ1) is 10.2. The van der Waals surface area contributed by atoms with Crippen molar-refractivity contribution in [3.8, 4) is 11.5 Å². The Morgan fingerprint density at radius 2 is 2.47 bits per heavy atom. The minimum atomic E-state index is -0.619. The lowest BCUT2D eigenvalue weighted by Crippen LogP contribution is -2.46. The highest BCUT2D eigenvalue weighted by molar-refractivity contribution is 5.29. The van der Waals surface area contributed by atoms with Gasteiger partial charge >= 0.3 is 0 Å². The zero-order chi connectivity index (χ0) is 10.7. The van der Waals surface area contributed by atoms with Gasteiger partial charge in [0.05, 0.1) is 13.3 Å². The van der Waals surface area contributed by atoms with Crippen LogP contribution in [-0.2, 0) is 0 Å². The van der Waals surface area contributed by atoms with E-state index in [-0.39, 0.29) is 5.75 Å². The molecule has 1 unspecified atom stereocenters. The first-order valence-electron chi connectivity index (χ1n) is 4.85. The first-order valence-corrected chi connectivity index (χ1v) is 4.85. The van der Waals surface area contributed by atoms with Crippen molar-refractivity contribution in [2.45, 2.75) is 12.5 Å². The van der Waals surface area contributed by atoms with Gasteiger partial charge in [0.25, 0.3) is 5.95 Å². The van der Waals surface area contributed by atoms with Gasteiger partial charge in [-0.05, 0) is 13.0 Å². The van der Waals surface area contributed by atoms with Crippen molar-refractivity contribution in [1.29, 1.82) is 0 Å². The van der Waals surface area contributed by atoms with Crippen LogP contribution in [0.5, 0.6) is 11.5 Å². The van der Waals surface area contributed by atoms with Crippen molar-refractivity contribution in [1.82, 2.24) is 10.3 Å². The number of hydrogen-bond donors (Lipinski definition) is 1. The zero-order valence-corrected chi connectivity index (χ0v) is 8.50. The second kappa shape index (κ2) is 4.44. The Bertz CT molecular complexity index is 342. The number of hydrogen-bond acceptors (Lipinski definition) is 4. The lowest BCUT2D eigenvalue weighted by Gasteiger charge is -2.27. The van der Waals surface area contributed by atoms with Crippen LogP contribution in [0, 0.1) is 5.95 Å². The Balaban J connectivity index is 1.95. The van der Waals surface area contributed by atoms with E-state index in [1.807, 2.05) is 0 Å².